The smallest absolute Gasteiger partial charge is 0.264 e. The predicted octanol–water partition coefficient (Wildman–Crippen LogP) is 5.68. The van der Waals surface area contributed by atoms with E-state index in [4.69, 9.17) is 9.47 Å². The van der Waals surface area contributed by atoms with Gasteiger partial charge in [0.2, 0.25) is 11.8 Å². The third kappa shape index (κ3) is 8.92. The highest BCUT2D eigenvalue weighted by molar-refractivity contribution is 7.92. The average Bonchev–Trinajstić information content (AvgIpc) is 3.08. The molecular formula is C37H43N3O6S. The van der Waals surface area contributed by atoms with Crippen molar-refractivity contribution in [3.05, 3.63) is 119 Å². The van der Waals surface area contributed by atoms with E-state index in [0.717, 1.165) is 33.0 Å². The molecule has 0 aliphatic rings. The van der Waals surface area contributed by atoms with Crippen LogP contribution in [0.4, 0.5) is 5.69 Å². The highest BCUT2D eigenvalue weighted by Gasteiger charge is 2.35. The van der Waals surface area contributed by atoms with Crippen LogP contribution in [-0.2, 0) is 32.6 Å². The van der Waals surface area contributed by atoms with Gasteiger partial charge in [0, 0.05) is 25.6 Å². The van der Waals surface area contributed by atoms with Crippen molar-refractivity contribution in [2.24, 2.45) is 0 Å². The molecule has 0 fully saturated rings. The van der Waals surface area contributed by atoms with Crippen LogP contribution in [0, 0.1) is 13.8 Å². The molecule has 0 unspecified atom stereocenters. The molecule has 4 aromatic rings. The minimum atomic E-state index is -4.25. The number of hydrogen-bond donors (Lipinski definition) is 1. The van der Waals surface area contributed by atoms with Crippen LogP contribution >= 0.6 is 0 Å². The largest absolute Gasteiger partial charge is 0.493 e. The lowest BCUT2D eigenvalue weighted by atomic mass is 10.0. The first-order chi connectivity index (χ1) is 22.6. The van der Waals surface area contributed by atoms with E-state index in [-0.39, 0.29) is 29.5 Å². The monoisotopic (exact) mass is 657 g/mol. The molecule has 0 saturated carbocycles. The van der Waals surface area contributed by atoms with E-state index in [1.165, 1.54) is 37.3 Å². The zero-order valence-electron chi connectivity index (χ0n) is 27.6. The number of nitrogens with zero attached hydrogens (tertiary/aromatic N) is 2. The van der Waals surface area contributed by atoms with E-state index >= 15 is 0 Å². The second kappa shape index (κ2) is 16.1. The van der Waals surface area contributed by atoms with Gasteiger partial charge in [0.25, 0.3) is 10.0 Å². The predicted molar refractivity (Wildman–Crippen MR) is 184 cm³/mol. The molecule has 248 valence electrons. The van der Waals surface area contributed by atoms with Crippen molar-refractivity contribution in [3.63, 3.8) is 0 Å². The number of nitrogens with one attached hydrogen (secondary N) is 1. The Bertz CT molecular complexity index is 1740. The number of carbonyl (C=O) groups is 2. The fraction of sp³-hybridized carbons (Fsp3) is 0.297. The maximum Gasteiger partial charge on any atom is 0.264 e. The van der Waals surface area contributed by atoms with E-state index in [9.17, 15) is 18.0 Å². The van der Waals surface area contributed by atoms with Crippen molar-refractivity contribution in [1.29, 1.82) is 0 Å². The molecule has 10 heteroatoms. The molecule has 47 heavy (non-hydrogen) atoms. The zero-order chi connectivity index (χ0) is 34.0. The molecule has 0 radical (unpaired) electrons. The Hall–Kier alpha value is -4.83. The first kappa shape index (κ1) is 35.0. The molecule has 0 saturated heterocycles. The van der Waals surface area contributed by atoms with Crippen LogP contribution in [0.25, 0.3) is 0 Å². The van der Waals surface area contributed by atoms with Gasteiger partial charge in [0.15, 0.2) is 11.5 Å². The lowest BCUT2D eigenvalue weighted by Gasteiger charge is -2.34. The molecule has 0 spiro atoms. The number of sulfonamides is 1. The molecule has 0 aromatic heterocycles. The highest BCUT2D eigenvalue weighted by atomic mass is 32.2. The Labute approximate surface area is 278 Å². The fourth-order valence-electron chi connectivity index (χ4n) is 5.16. The third-order valence-electron chi connectivity index (χ3n) is 7.84. The third-order valence-corrected chi connectivity index (χ3v) is 9.62. The highest BCUT2D eigenvalue weighted by Crippen LogP contribution is 2.34. The van der Waals surface area contributed by atoms with Crippen molar-refractivity contribution in [2.45, 2.75) is 51.1 Å². The maximum atomic E-state index is 14.6. The van der Waals surface area contributed by atoms with Crippen molar-refractivity contribution in [1.82, 2.24) is 10.2 Å². The van der Waals surface area contributed by atoms with Gasteiger partial charge in [-0.3, -0.25) is 13.9 Å². The number of ether oxygens (including phenoxy) is 2. The summed E-state index contributed by atoms with van der Waals surface area (Å²) in [5.41, 5.74) is 3.84. The quantitative estimate of drug-likeness (QED) is 0.176. The van der Waals surface area contributed by atoms with Gasteiger partial charge < -0.3 is 19.7 Å². The average molecular weight is 658 g/mol. The number of carbonyl (C=O) groups excluding carboxylic acids is 2. The first-order valence-corrected chi connectivity index (χ1v) is 17.0. The Morgan fingerprint density at radius 1 is 0.787 bits per heavy atom. The van der Waals surface area contributed by atoms with Crippen LogP contribution in [0.2, 0.25) is 0 Å². The number of aryl methyl sites for hydroxylation is 2. The first-order valence-electron chi connectivity index (χ1n) is 15.6. The van der Waals surface area contributed by atoms with Crippen LogP contribution in [-0.4, -0.2) is 58.5 Å². The summed E-state index contributed by atoms with van der Waals surface area (Å²) in [4.78, 5) is 29.9. The van der Waals surface area contributed by atoms with Gasteiger partial charge in [-0.15, -0.1) is 0 Å². The van der Waals surface area contributed by atoms with Crippen molar-refractivity contribution >= 4 is 27.5 Å². The Kier molecular flexibility index (Phi) is 12.0. The van der Waals surface area contributed by atoms with E-state index in [1.807, 2.05) is 75.4 Å². The van der Waals surface area contributed by atoms with Crippen molar-refractivity contribution in [2.75, 3.05) is 31.6 Å². The van der Waals surface area contributed by atoms with Gasteiger partial charge in [0.1, 0.15) is 12.6 Å². The summed E-state index contributed by atoms with van der Waals surface area (Å²) in [5.74, 6) is -0.135. The van der Waals surface area contributed by atoms with E-state index < -0.39 is 28.5 Å². The minimum absolute atomic E-state index is 0.0253. The Morgan fingerprint density at radius 3 is 2.00 bits per heavy atom. The molecule has 1 atom stereocenters. The molecule has 0 bridgehead atoms. The van der Waals surface area contributed by atoms with Crippen LogP contribution in [0.3, 0.4) is 0 Å². The zero-order valence-corrected chi connectivity index (χ0v) is 28.4. The molecule has 0 aliphatic carbocycles. The number of rotatable bonds is 15. The number of methoxy groups -OCH3 is 2. The molecular weight excluding hydrogens is 614 g/mol. The summed E-state index contributed by atoms with van der Waals surface area (Å²) >= 11 is 0. The molecule has 0 aliphatic heterocycles. The lowest BCUT2D eigenvalue weighted by molar-refractivity contribution is -0.140. The molecule has 4 rings (SSSR count). The Morgan fingerprint density at radius 2 is 1.40 bits per heavy atom. The standard InChI is InChI=1S/C37H43N3O6S/c1-6-22-38-37(42)33(23-29-10-8-7-9-11-29)39(25-30-16-12-27(2)13-17-30)36(41)26-40(31-18-21-34(45-4)35(24-31)46-5)47(43,44)32-19-14-28(3)15-20-32/h7-21,24,33H,6,22-23,25-26H2,1-5H3,(H,38,42)/t33-/m0/s1. The van der Waals surface area contributed by atoms with Gasteiger partial charge in [-0.2, -0.15) is 0 Å². The topological polar surface area (TPSA) is 105 Å². The summed E-state index contributed by atoms with van der Waals surface area (Å²) in [6, 6.07) is 27.4. The number of hydrogen-bond acceptors (Lipinski definition) is 6. The van der Waals surface area contributed by atoms with E-state index in [1.54, 1.807) is 24.3 Å². The molecule has 0 heterocycles. The number of anilines is 1. The van der Waals surface area contributed by atoms with Gasteiger partial charge in [0.05, 0.1) is 24.8 Å². The second-order valence-corrected chi connectivity index (χ2v) is 13.2. The SMILES string of the molecule is CCCNC(=O)[C@H](Cc1ccccc1)N(Cc1ccc(C)cc1)C(=O)CN(c1ccc(OC)c(OC)c1)S(=O)(=O)c1ccc(C)cc1. The lowest BCUT2D eigenvalue weighted by Crippen LogP contribution is -2.53. The summed E-state index contributed by atoms with van der Waals surface area (Å²) in [6.45, 7) is 5.77. The van der Waals surface area contributed by atoms with Crippen LogP contribution in [0.5, 0.6) is 11.5 Å². The van der Waals surface area contributed by atoms with Crippen LogP contribution in [0.15, 0.2) is 102 Å². The van der Waals surface area contributed by atoms with Gasteiger partial charge in [-0.05, 0) is 55.7 Å². The Balaban J connectivity index is 1.83. The minimum Gasteiger partial charge on any atom is -0.493 e. The summed E-state index contributed by atoms with van der Waals surface area (Å²) in [5, 5.41) is 2.96. The summed E-state index contributed by atoms with van der Waals surface area (Å²) in [7, 11) is -1.31. The molecule has 2 amide bonds. The maximum absolute atomic E-state index is 14.6. The van der Waals surface area contributed by atoms with Crippen molar-refractivity contribution in [3.8, 4) is 11.5 Å². The second-order valence-electron chi connectivity index (χ2n) is 11.4. The van der Waals surface area contributed by atoms with Gasteiger partial charge >= 0.3 is 0 Å². The summed E-state index contributed by atoms with van der Waals surface area (Å²) in [6.07, 6.45) is 0.965. The van der Waals surface area contributed by atoms with E-state index in [2.05, 4.69) is 5.32 Å². The van der Waals surface area contributed by atoms with E-state index in [0.29, 0.717) is 18.0 Å². The normalized spacial score (nSPS) is 11.8. The fourth-order valence-corrected chi connectivity index (χ4v) is 6.56. The van der Waals surface area contributed by atoms with Gasteiger partial charge in [-0.25, -0.2) is 8.42 Å². The molecule has 1 N–H and O–H groups in total. The van der Waals surface area contributed by atoms with Crippen LogP contribution in [0.1, 0.15) is 35.6 Å². The van der Waals surface area contributed by atoms with Crippen LogP contribution < -0.4 is 19.1 Å². The molecule has 9 nitrogen and oxygen atoms in total. The van der Waals surface area contributed by atoms with Crippen molar-refractivity contribution < 1.29 is 27.5 Å². The number of amides is 2. The number of benzene rings is 4. The van der Waals surface area contributed by atoms with Gasteiger partial charge in [-0.1, -0.05) is 84.8 Å². The molecule has 4 aromatic carbocycles. The summed E-state index contributed by atoms with van der Waals surface area (Å²) < 4.78 is 40.5.